The van der Waals surface area contributed by atoms with Gasteiger partial charge in [0.25, 0.3) is 0 Å². The largest absolute Gasteiger partial charge is 0.356 e. The zero-order valence-corrected chi connectivity index (χ0v) is 17.5. The molecule has 0 spiro atoms. The van der Waals surface area contributed by atoms with Gasteiger partial charge in [-0.2, -0.15) is 0 Å². The normalized spacial score (nSPS) is 24.3. The van der Waals surface area contributed by atoms with Crippen LogP contribution in [0.25, 0.3) is 0 Å². The predicted molar refractivity (Wildman–Crippen MR) is 114 cm³/mol. The Morgan fingerprint density at radius 1 is 1.22 bits per heavy atom. The minimum Gasteiger partial charge on any atom is -0.356 e. The molecule has 3 rings (SSSR count). The molecule has 2 aliphatic heterocycles. The number of hydrogen-bond donors (Lipinski definition) is 2. The first-order valence-electron chi connectivity index (χ1n) is 10.6. The molecule has 2 atom stereocenters. The fraction of sp³-hybridized carbons (Fsp3) is 0.682. The zero-order valence-electron chi connectivity index (χ0n) is 17.5. The van der Waals surface area contributed by atoms with Gasteiger partial charge in [0.1, 0.15) is 0 Å². The highest BCUT2D eigenvalue weighted by Crippen LogP contribution is 2.19. The second kappa shape index (κ2) is 9.56. The van der Waals surface area contributed by atoms with Crippen molar-refractivity contribution in [1.29, 1.82) is 0 Å². The van der Waals surface area contributed by atoms with E-state index in [0.29, 0.717) is 18.0 Å². The van der Waals surface area contributed by atoms with Gasteiger partial charge in [-0.25, -0.2) is 0 Å². The Morgan fingerprint density at radius 2 is 2.00 bits per heavy atom. The number of aliphatic imine (C=N–C) groups is 1. The van der Waals surface area contributed by atoms with Gasteiger partial charge in [0.05, 0.1) is 0 Å². The molecule has 2 unspecified atom stereocenters. The second-order valence-corrected chi connectivity index (χ2v) is 8.42. The molecule has 27 heavy (non-hydrogen) atoms. The van der Waals surface area contributed by atoms with E-state index in [1.165, 1.54) is 30.6 Å². The van der Waals surface area contributed by atoms with Gasteiger partial charge in [0.2, 0.25) is 0 Å². The molecule has 1 aromatic carbocycles. The third-order valence-corrected chi connectivity index (χ3v) is 6.07. The van der Waals surface area contributed by atoms with Crippen molar-refractivity contribution in [3.8, 4) is 0 Å². The van der Waals surface area contributed by atoms with Crippen LogP contribution in [0.4, 0.5) is 0 Å². The van der Waals surface area contributed by atoms with Crippen LogP contribution in [0.15, 0.2) is 29.3 Å². The first-order valence-corrected chi connectivity index (χ1v) is 10.6. The van der Waals surface area contributed by atoms with Crippen LogP contribution in [-0.4, -0.2) is 67.6 Å². The molecule has 0 saturated carbocycles. The minimum atomic E-state index is 0.484. The summed E-state index contributed by atoms with van der Waals surface area (Å²) in [5, 5.41) is 7.15. The number of nitrogens with one attached hydrogen (secondary N) is 2. The number of likely N-dealkylation sites (tertiary alicyclic amines) is 1. The average Bonchev–Trinajstić information content (AvgIpc) is 3.05. The van der Waals surface area contributed by atoms with E-state index in [1.807, 2.05) is 7.05 Å². The number of nitrogens with zero attached hydrogens (tertiary/aromatic N) is 3. The van der Waals surface area contributed by atoms with Crippen LogP contribution in [0.2, 0.25) is 0 Å². The highest BCUT2D eigenvalue weighted by atomic mass is 15.3. The number of guanidine groups is 1. The maximum absolute atomic E-state index is 4.43. The van der Waals surface area contributed by atoms with E-state index in [4.69, 9.17) is 0 Å². The summed E-state index contributed by atoms with van der Waals surface area (Å²) >= 11 is 0. The van der Waals surface area contributed by atoms with E-state index in [-0.39, 0.29) is 0 Å². The van der Waals surface area contributed by atoms with E-state index < -0.39 is 0 Å². The summed E-state index contributed by atoms with van der Waals surface area (Å²) in [6, 6.07) is 9.96. The van der Waals surface area contributed by atoms with Crippen molar-refractivity contribution in [2.24, 2.45) is 10.9 Å². The van der Waals surface area contributed by atoms with Gasteiger partial charge in [0.15, 0.2) is 5.96 Å². The Kier molecular flexibility index (Phi) is 7.13. The van der Waals surface area contributed by atoms with Crippen molar-refractivity contribution < 1.29 is 0 Å². The molecule has 1 fully saturated rings. The summed E-state index contributed by atoms with van der Waals surface area (Å²) in [7, 11) is 1.87. The first kappa shape index (κ1) is 20.2. The monoisotopic (exact) mass is 371 g/mol. The van der Waals surface area contributed by atoms with E-state index in [9.17, 15) is 0 Å². The van der Waals surface area contributed by atoms with Crippen LogP contribution in [0.5, 0.6) is 0 Å². The molecule has 0 aliphatic carbocycles. The SMILES string of the molecule is CN=C(NCCCN1CCc2ccccc2C1)NC1CN(C(C)C)CC1C. The van der Waals surface area contributed by atoms with Gasteiger partial charge in [0, 0.05) is 58.4 Å². The highest BCUT2D eigenvalue weighted by Gasteiger charge is 2.31. The van der Waals surface area contributed by atoms with Gasteiger partial charge in [-0.05, 0) is 43.7 Å². The van der Waals surface area contributed by atoms with Crippen LogP contribution in [0, 0.1) is 5.92 Å². The van der Waals surface area contributed by atoms with Crippen molar-refractivity contribution in [2.45, 2.75) is 52.2 Å². The van der Waals surface area contributed by atoms with Gasteiger partial charge in [-0.15, -0.1) is 0 Å². The van der Waals surface area contributed by atoms with Crippen LogP contribution in [0.3, 0.4) is 0 Å². The summed E-state index contributed by atoms with van der Waals surface area (Å²) in [5.74, 6) is 1.60. The number of fused-ring (bicyclic) bond motifs is 1. The summed E-state index contributed by atoms with van der Waals surface area (Å²) in [4.78, 5) is 9.55. The van der Waals surface area contributed by atoms with Crippen LogP contribution < -0.4 is 10.6 Å². The van der Waals surface area contributed by atoms with Crippen LogP contribution >= 0.6 is 0 Å². The molecule has 1 saturated heterocycles. The smallest absolute Gasteiger partial charge is 0.191 e. The van der Waals surface area contributed by atoms with Gasteiger partial charge < -0.3 is 10.6 Å². The predicted octanol–water partition coefficient (Wildman–Crippen LogP) is 2.33. The molecule has 5 nitrogen and oxygen atoms in total. The molecule has 0 bridgehead atoms. The molecule has 0 amide bonds. The molecule has 2 aliphatic rings. The molecule has 2 heterocycles. The lowest BCUT2D eigenvalue weighted by Gasteiger charge is -2.28. The van der Waals surface area contributed by atoms with E-state index in [1.54, 1.807) is 0 Å². The Bertz CT molecular complexity index is 627. The maximum atomic E-state index is 4.43. The van der Waals surface area contributed by atoms with Crippen molar-refractivity contribution in [3.63, 3.8) is 0 Å². The molecule has 2 N–H and O–H groups in total. The third kappa shape index (κ3) is 5.45. The molecular weight excluding hydrogens is 334 g/mol. The molecule has 1 aromatic rings. The highest BCUT2D eigenvalue weighted by molar-refractivity contribution is 5.80. The lowest BCUT2D eigenvalue weighted by molar-refractivity contribution is 0.251. The topological polar surface area (TPSA) is 42.9 Å². The quantitative estimate of drug-likeness (QED) is 0.458. The Morgan fingerprint density at radius 3 is 2.70 bits per heavy atom. The van der Waals surface area contributed by atoms with Crippen molar-refractivity contribution in [3.05, 3.63) is 35.4 Å². The lowest BCUT2D eigenvalue weighted by atomic mass is 10.00. The molecule has 0 radical (unpaired) electrons. The van der Waals surface area contributed by atoms with Crippen molar-refractivity contribution >= 4 is 5.96 Å². The average molecular weight is 372 g/mol. The summed E-state index contributed by atoms with van der Waals surface area (Å²) in [5.41, 5.74) is 3.02. The van der Waals surface area contributed by atoms with Crippen LogP contribution in [-0.2, 0) is 13.0 Å². The van der Waals surface area contributed by atoms with E-state index >= 15 is 0 Å². The summed E-state index contributed by atoms with van der Waals surface area (Å²) < 4.78 is 0. The third-order valence-electron chi connectivity index (χ3n) is 6.07. The Hall–Kier alpha value is -1.59. The summed E-state index contributed by atoms with van der Waals surface area (Å²) in [6.07, 6.45) is 2.32. The first-order chi connectivity index (χ1) is 13.1. The molecule has 0 aromatic heterocycles. The Balaban J connectivity index is 1.37. The fourth-order valence-corrected chi connectivity index (χ4v) is 4.24. The van der Waals surface area contributed by atoms with Crippen molar-refractivity contribution in [2.75, 3.05) is 39.8 Å². The van der Waals surface area contributed by atoms with E-state index in [2.05, 4.69) is 70.5 Å². The fourth-order valence-electron chi connectivity index (χ4n) is 4.24. The van der Waals surface area contributed by atoms with E-state index in [0.717, 1.165) is 38.6 Å². The number of benzene rings is 1. The van der Waals surface area contributed by atoms with Gasteiger partial charge in [-0.3, -0.25) is 14.8 Å². The maximum Gasteiger partial charge on any atom is 0.191 e. The minimum absolute atomic E-state index is 0.484. The number of hydrogen-bond acceptors (Lipinski definition) is 3. The van der Waals surface area contributed by atoms with Gasteiger partial charge in [-0.1, -0.05) is 31.2 Å². The standard InChI is InChI=1S/C22H37N5/c1-17(2)27-14-18(3)21(16-27)25-22(23-4)24-11-7-12-26-13-10-19-8-5-6-9-20(19)15-26/h5-6,8-9,17-18,21H,7,10-16H2,1-4H3,(H2,23,24,25). The summed E-state index contributed by atoms with van der Waals surface area (Å²) in [6.45, 7) is 13.5. The van der Waals surface area contributed by atoms with Gasteiger partial charge >= 0.3 is 0 Å². The van der Waals surface area contributed by atoms with Crippen LogP contribution in [0.1, 0.15) is 38.3 Å². The lowest BCUT2D eigenvalue weighted by Crippen LogP contribution is -2.47. The molecule has 5 heteroatoms. The number of rotatable bonds is 6. The zero-order chi connectivity index (χ0) is 19.2. The molecular formula is C22H37N5. The second-order valence-electron chi connectivity index (χ2n) is 8.42. The Labute approximate surface area is 165 Å². The van der Waals surface area contributed by atoms with Crippen molar-refractivity contribution in [1.82, 2.24) is 20.4 Å². The molecule has 150 valence electrons.